The van der Waals surface area contributed by atoms with Crippen LogP contribution in [0.1, 0.15) is 16.7 Å². The first-order valence-electron chi connectivity index (χ1n) is 6.14. The highest BCUT2D eigenvalue weighted by atomic mass is 32.1. The number of anilines is 1. The number of alkyl halides is 2. The first kappa shape index (κ1) is 14.7. The number of benzene rings is 1. The number of thiophene rings is 1. The van der Waals surface area contributed by atoms with Gasteiger partial charge in [0.05, 0.1) is 0 Å². The molecule has 0 amide bonds. The van der Waals surface area contributed by atoms with Gasteiger partial charge in [-0.3, -0.25) is 0 Å². The van der Waals surface area contributed by atoms with E-state index in [-0.39, 0.29) is 0 Å². The number of nitrogens with one attached hydrogen (secondary N) is 1. The molecule has 0 saturated carbocycles. The highest BCUT2D eigenvalue weighted by Gasteiger charge is 2.10. The summed E-state index contributed by atoms with van der Waals surface area (Å²) in [4.78, 5) is 2.42. The maximum Gasteiger partial charge on any atom is 0.387 e. The average molecular weight is 301 g/mol. The van der Waals surface area contributed by atoms with Crippen molar-refractivity contribution in [2.45, 2.75) is 26.5 Å². The minimum Gasteiger partial charge on any atom is -0.432 e. The van der Waals surface area contributed by atoms with Crippen LogP contribution in [-0.2, 0) is 13.0 Å². The third-order valence-corrected chi connectivity index (χ3v) is 3.91. The first-order chi connectivity index (χ1) is 9.58. The van der Waals surface area contributed by atoms with Crippen LogP contribution in [-0.4, -0.2) is 6.61 Å². The second kappa shape index (κ2) is 6.65. The van der Waals surface area contributed by atoms with E-state index in [4.69, 9.17) is 0 Å². The summed E-state index contributed by atoms with van der Waals surface area (Å²) in [6.45, 7) is -0.374. The Morgan fingerprint density at radius 2 is 1.95 bits per heavy atom. The lowest BCUT2D eigenvalue weighted by Crippen LogP contribution is -2.04. The number of aryl methyl sites for hydroxylation is 1. The van der Waals surface area contributed by atoms with Crippen LogP contribution in [0.25, 0.3) is 0 Å². The van der Waals surface area contributed by atoms with Crippen LogP contribution in [0.15, 0.2) is 30.3 Å². The molecule has 0 saturated heterocycles. The molecule has 108 valence electrons. The molecular weight excluding hydrogens is 287 g/mol. The van der Waals surface area contributed by atoms with Crippen molar-refractivity contribution in [3.63, 3.8) is 0 Å². The van der Waals surface area contributed by atoms with Crippen LogP contribution < -0.4 is 10.1 Å². The molecule has 1 aromatic carbocycles. The molecule has 0 aliphatic carbocycles. The Hall–Kier alpha value is -1.69. The van der Waals surface area contributed by atoms with Crippen molar-refractivity contribution >= 4 is 17.0 Å². The van der Waals surface area contributed by atoms with Crippen LogP contribution >= 0.6 is 11.3 Å². The molecule has 0 atom stereocenters. The van der Waals surface area contributed by atoms with E-state index in [9.17, 15) is 13.2 Å². The van der Waals surface area contributed by atoms with E-state index in [1.165, 1.54) is 17.0 Å². The predicted octanol–water partition coefficient (Wildman–Crippen LogP) is 4.66. The SMILES string of the molecule is CCc1ccc(CNc2ccc(OC(F)F)c(F)c2)s1. The van der Waals surface area contributed by atoms with E-state index in [1.54, 1.807) is 11.3 Å². The van der Waals surface area contributed by atoms with Gasteiger partial charge in [0.25, 0.3) is 0 Å². The third-order valence-electron chi connectivity index (χ3n) is 2.68. The van der Waals surface area contributed by atoms with Gasteiger partial charge >= 0.3 is 6.61 Å². The lowest BCUT2D eigenvalue weighted by Gasteiger charge is -2.09. The summed E-state index contributed by atoms with van der Waals surface area (Å²) >= 11 is 1.69. The first-order valence-corrected chi connectivity index (χ1v) is 6.96. The molecule has 0 aliphatic rings. The Balaban J connectivity index is 1.97. The monoisotopic (exact) mass is 301 g/mol. The Morgan fingerprint density at radius 1 is 1.20 bits per heavy atom. The largest absolute Gasteiger partial charge is 0.432 e. The van der Waals surface area contributed by atoms with E-state index in [0.717, 1.165) is 17.4 Å². The highest BCUT2D eigenvalue weighted by Crippen LogP contribution is 2.24. The van der Waals surface area contributed by atoms with E-state index < -0.39 is 18.2 Å². The summed E-state index contributed by atoms with van der Waals surface area (Å²) < 4.78 is 41.6. The fourth-order valence-corrected chi connectivity index (χ4v) is 2.60. The zero-order valence-corrected chi connectivity index (χ0v) is 11.6. The number of hydrogen-bond acceptors (Lipinski definition) is 3. The third kappa shape index (κ3) is 3.90. The van der Waals surface area contributed by atoms with Gasteiger partial charge in [0, 0.05) is 28.1 Å². The molecule has 0 spiro atoms. The van der Waals surface area contributed by atoms with Crippen molar-refractivity contribution in [2.75, 3.05) is 5.32 Å². The van der Waals surface area contributed by atoms with E-state index in [2.05, 4.69) is 23.0 Å². The summed E-state index contributed by atoms with van der Waals surface area (Å²) in [5.74, 6) is -1.26. The van der Waals surface area contributed by atoms with Gasteiger partial charge in [0.1, 0.15) is 0 Å². The van der Waals surface area contributed by atoms with Gasteiger partial charge < -0.3 is 10.1 Å². The summed E-state index contributed by atoms with van der Waals surface area (Å²) in [6.07, 6.45) is 0.985. The van der Waals surface area contributed by atoms with Gasteiger partial charge in [0.15, 0.2) is 11.6 Å². The standard InChI is InChI=1S/C14H14F3NOS/c1-2-10-4-5-11(20-10)8-18-9-3-6-13(12(15)7-9)19-14(16)17/h3-7,14,18H,2,8H2,1H3. The minimum atomic E-state index is -3.03. The Kier molecular flexibility index (Phi) is 4.89. The molecule has 6 heteroatoms. The summed E-state index contributed by atoms with van der Waals surface area (Å²) in [5, 5.41) is 3.05. The summed E-state index contributed by atoms with van der Waals surface area (Å²) in [7, 11) is 0. The van der Waals surface area contributed by atoms with Crippen molar-refractivity contribution in [1.29, 1.82) is 0 Å². The fraction of sp³-hybridized carbons (Fsp3) is 0.286. The van der Waals surface area contributed by atoms with Gasteiger partial charge in [-0.1, -0.05) is 6.92 Å². The zero-order chi connectivity index (χ0) is 14.5. The topological polar surface area (TPSA) is 21.3 Å². The molecule has 2 rings (SSSR count). The maximum absolute atomic E-state index is 13.5. The van der Waals surface area contributed by atoms with Crippen LogP contribution in [0.3, 0.4) is 0 Å². The van der Waals surface area contributed by atoms with Crippen LogP contribution in [0.5, 0.6) is 5.75 Å². The lowest BCUT2D eigenvalue weighted by molar-refractivity contribution is -0.0521. The van der Waals surface area contributed by atoms with Crippen molar-refractivity contribution in [3.05, 3.63) is 45.9 Å². The molecule has 0 radical (unpaired) electrons. The Morgan fingerprint density at radius 3 is 2.55 bits per heavy atom. The lowest BCUT2D eigenvalue weighted by atomic mass is 10.3. The zero-order valence-electron chi connectivity index (χ0n) is 10.8. The normalized spacial score (nSPS) is 10.8. The Bertz CT molecular complexity index is 571. The fourth-order valence-electron chi connectivity index (χ4n) is 1.70. The second-order valence-electron chi connectivity index (χ2n) is 4.10. The van der Waals surface area contributed by atoms with Gasteiger partial charge in [-0.15, -0.1) is 11.3 Å². The minimum absolute atomic E-state index is 0.449. The molecule has 0 aliphatic heterocycles. The van der Waals surface area contributed by atoms with E-state index in [0.29, 0.717) is 12.2 Å². The van der Waals surface area contributed by atoms with Crippen molar-refractivity contribution in [1.82, 2.24) is 0 Å². The number of halogens is 3. The molecular formula is C14H14F3NOS. The molecule has 2 nitrogen and oxygen atoms in total. The van der Waals surface area contributed by atoms with Gasteiger partial charge in [0.2, 0.25) is 0 Å². The van der Waals surface area contributed by atoms with Crippen LogP contribution in [0.4, 0.5) is 18.9 Å². The Labute approximate surface area is 119 Å². The van der Waals surface area contributed by atoms with Crippen molar-refractivity contribution < 1.29 is 17.9 Å². The number of ether oxygens (including phenoxy) is 1. The second-order valence-corrected chi connectivity index (χ2v) is 5.35. The summed E-state index contributed by atoms with van der Waals surface area (Å²) in [6, 6.07) is 7.92. The highest BCUT2D eigenvalue weighted by molar-refractivity contribution is 7.12. The molecule has 0 bridgehead atoms. The molecule has 1 aromatic heterocycles. The van der Waals surface area contributed by atoms with E-state index >= 15 is 0 Å². The predicted molar refractivity (Wildman–Crippen MR) is 74.1 cm³/mol. The van der Waals surface area contributed by atoms with Crippen molar-refractivity contribution in [2.24, 2.45) is 0 Å². The van der Waals surface area contributed by atoms with Gasteiger partial charge in [-0.2, -0.15) is 8.78 Å². The van der Waals surface area contributed by atoms with Gasteiger partial charge in [-0.25, -0.2) is 4.39 Å². The summed E-state index contributed by atoms with van der Waals surface area (Å²) in [5.41, 5.74) is 0.524. The molecule has 0 fully saturated rings. The number of hydrogen-bond donors (Lipinski definition) is 1. The maximum atomic E-state index is 13.5. The molecule has 0 unspecified atom stereocenters. The average Bonchev–Trinajstić information content (AvgIpc) is 2.87. The molecule has 20 heavy (non-hydrogen) atoms. The van der Waals surface area contributed by atoms with Gasteiger partial charge in [-0.05, 0) is 30.7 Å². The molecule has 2 aromatic rings. The smallest absolute Gasteiger partial charge is 0.387 e. The molecule has 1 N–H and O–H groups in total. The van der Waals surface area contributed by atoms with Crippen molar-refractivity contribution in [3.8, 4) is 5.75 Å². The van der Waals surface area contributed by atoms with Crippen LogP contribution in [0, 0.1) is 5.82 Å². The van der Waals surface area contributed by atoms with Crippen LogP contribution in [0.2, 0.25) is 0 Å². The molecule has 1 heterocycles. The van der Waals surface area contributed by atoms with E-state index in [1.807, 2.05) is 6.07 Å². The number of rotatable bonds is 6. The quantitative estimate of drug-likeness (QED) is 0.837.